The number of fused-ring (bicyclic) bond motifs is 1. The van der Waals surface area contributed by atoms with Crippen molar-refractivity contribution in [3.8, 4) is 22.8 Å². The number of rotatable bonds is 7. The summed E-state index contributed by atoms with van der Waals surface area (Å²) in [5.41, 5.74) is 2.57. The Morgan fingerprint density at radius 3 is 2.69 bits per heavy atom. The van der Waals surface area contributed by atoms with Gasteiger partial charge in [0.15, 0.2) is 23.0 Å². The van der Waals surface area contributed by atoms with Crippen LogP contribution in [0.1, 0.15) is 6.92 Å². The van der Waals surface area contributed by atoms with Crippen LogP contribution in [0.5, 0.6) is 11.5 Å². The Morgan fingerprint density at radius 1 is 1.15 bits per heavy atom. The van der Waals surface area contributed by atoms with E-state index >= 15 is 0 Å². The first kappa shape index (κ1) is 17.5. The van der Waals surface area contributed by atoms with Crippen molar-refractivity contribution in [2.45, 2.75) is 6.92 Å². The number of methoxy groups -OCH3 is 2. The number of amides is 1. The molecule has 0 aliphatic carbocycles. The number of hydrogen-bond acceptors (Lipinski definition) is 6. The number of carbonyl (C=O) groups excluding carboxylic acids is 1. The van der Waals surface area contributed by atoms with Crippen LogP contribution in [0, 0.1) is 0 Å². The molecule has 2 aromatic heterocycles. The van der Waals surface area contributed by atoms with Gasteiger partial charge in [0.2, 0.25) is 5.91 Å². The highest BCUT2D eigenvalue weighted by Gasteiger charge is 2.12. The largest absolute Gasteiger partial charge is 0.493 e. The van der Waals surface area contributed by atoms with Crippen LogP contribution < -0.4 is 20.1 Å². The SMILES string of the molecule is COc1ccc(-c2cnc3c(NCCNC(C)=O)nccn23)cc1OC. The minimum Gasteiger partial charge on any atom is -0.493 e. The minimum absolute atomic E-state index is 0.0606. The van der Waals surface area contributed by atoms with E-state index in [1.807, 2.05) is 28.8 Å². The molecule has 2 heterocycles. The molecule has 0 aliphatic rings. The molecule has 0 fully saturated rings. The van der Waals surface area contributed by atoms with E-state index in [4.69, 9.17) is 9.47 Å². The average molecular weight is 355 g/mol. The molecule has 1 amide bonds. The smallest absolute Gasteiger partial charge is 0.216 e. The number of carbonyl (C=O) groups is 1. The molecular weight excluding hydrogens is 334 g/mol. The lowest BCUT2D eigenvalue weighted by atomic mass is 10.1. The monoisotopic (exact) mass is 355 g/mol. The highest BCUT2D eigenvalue weighted by molar-refractivity contribution is 5.73. The van der Waals surface area contributed by atoms with E-state index in [9.17, 15) is 4.79 Å². The van der Waals surface area contributed by atoms with E-state index in [-0.39, 0.29) is 5.91 Å². The Balaban J connectivity index is 1.89. The predicted octanol–water partition coefficient (Wildman–Crippen LogP) is 1.96. The fourth-order valence-electron chi connectivity index (χ4n) is 2.67. The summed E-state index contributed by atoms with van der Waals surface area (Å²) in [5, 5.41) is 5.93. The third-order valence-electron chi connectivity index (χ3n) is 3.90. The summed E-state index contributed by atoms with van der Waals surface area (Å²) >= 11 is 0. The topological polar surface area (TPSA) is 89.8 Å². The third kappa shape index (κ3) is 3.53. The first-order valence-electron chi connectivity index (χ1n) is 8.17. The van der Waals surface area contributed by atoms with E-state index < -0.39 is 0 Å². The van der Waals surface area contributed by atoms with Gasteiger partial charge in [-0.2, -0.15) is 0 Å². The Morgan fingerprint density at radius 2 is 1.96 bits per heavy atom. The van der Waals surface area contributed by atoms with Crippen molar-refractivity contribution < 1.29 is 14.3 Å². The number of hydrogen-bond donors (Lipinski definition) is 2. The summed E-state index contributed by atoms with van der Waals surface area (Å²) in [6.45, 7) is 2.56. The molecule has 3 aromatic rings. The van der Waals surface area contributed by atoms with Crippen molar-refractivity contribution in [2.75, 3.05) is 32.6 Å². The molecule has 0 saturated carbocycles. The summed E-state index contributed by atoms with van der Waals surface area (Å²) < 4.78 is 12.6. The van der Waals surface area contributed by atoms with Crippen LogP contribution in [0.15, 0.2) is 36.8 Å². The molecular formula is C18H21N5O3. The van der Waals surface area contributed by atoms with Gasteiger partial charge in [0.25, 0.3) is 0 Å². The van der Waals surface area contributed by atoms with Gasteiger partial charge in [-0.15, -0.1) is 0 Å². The molecule has 0 spiro atoms. The predicted molar refractivity (Wildman–Crippen MR) is 98.7 cm³/mol. The number of nitrogens with zero attached hydrogens (tertiary/aromatic N) is 3. The molecule has 0 saturated heterocycles. The van der Waals surface area contributed by atoms with Gasteiger partial charge in [-0.1, -0.05) is 0 Å². The Kier molecular flexibility index (Phi) is 5.21. The van der Waals surface area contributed by atoms with Gasteiger partial charge in [-0.3, -0.25) is 9.20 Å². The number of ether oxygens (including phenoxy) is 2. The second-order valence-electron chi connectivity index (χ2n) is 5.59. The zero-order chi connectivity index (χ0) is 18.5. The molecule has 8 nitrogen and oxygen atoms in total. The van der Waals surface area contributed by atoms with Crippen molar-refractivity contribution in [2.24, 2.45) is 0 Å². The summed E-state index contributed by atoms with van der Waals surface area (Å²) in [4.78, 5) is 19.8. The molecule has 136 valence electrons. The van der Waals surface area contributed by atoms with E-state index in [1.165, 1.54) is 6.92 Å². The van der Waals surface area contributed by atoms with Gasteiger partial charge >= 0.3 is 0 Å². The van der Waals surface area contributed by atoms with Crippen molar-refractivity contribution >= 4 is 17.4 Å². The molecule has 1 aromatic carbocycles. The van der Waals surface area contributed by atoms with Crippen LogP contribution >= 0.6 is 0 Å². The van der Waals surface area contributed by atoms with Crippen molar-refractivity contribution in [3.63, 3.8) is 0 Å². The summed E-state index contributed by atoms with van der Waals surface area (Å²) in [7, 11) is 3.22. The lowest BCUT2D eigenvalue weighted by Crippen LogP contribution is -2.26. The quantitative estimate of drug-likeness (QED) is 0.630. The molecule has 2 N–H and O–H groups in total. The van der Waals surface area contributed by atoms with Crippen LogP contribution in [0.25, 0.3) is 16.9 Å². The molecule has 3 rings (SSSR count). The number of aromatic nitrogens is 3. The van der Waals surface area contributed by atoms with E-state index in [0.29, 0.717) is 36.1 Å². The molecule has 0 unspecified atom stereocenters. The van der Waals surface area contributed by atoms with Crippen LogP contribution in [-0.4, -0.2) is 47.6 Å². The fraction of sp³-hybridized carbons (Fsp3) is 0.278. The van der Waals surface area contributed by atoms with E-state index in [2.05, 4.69) is 20.6 Å². The van der Waals surface area contributed by atoms with Gasteiger partial charge in [0.05, 0.1) is 26.1 Å². The number of benzene rings is 1. The normalized spacial score (nSPS) is 10.6. The molecule has 8 heteroatoms. The molecule has 0 aliphatic heterocycles. The van der Waals surface area contributed by atoms with Gasteiger partial charge in [-0.05, 0) is 18.2 Å². The second-order valence-corrected chi connectivity index (χ2v) is 5.59. The lowest BCUT2D eigenvalue weighted by Gasteiger charge is -2.10. The van der Waals surface area contributed by atoms with Gasteiger partial charge in [0, 0.05) is 38.0 Å². The van der Waals surface area contributed by atoms with Gasteiger partial charge in [0.1, 0.15) is 0 Å². The molecule has 0 bridgehead atoms. The van der Waals surface area contributed by atoms with E-state index in [1.54, 1.807) is 26.6 Å². The summed E-state index contributed by atoms with van der Waals surface area (Å²) in [6.07, 6.45) is 5.35. The maximum absolute atomic E-state index is 10.9. The Hall–Kier alpha value is -3.29. The van der Waals surface area contributed by atoms with Crippen molar-refractivity contribution in [3.05, 3.63) is 36.8 Å². The number of imidazole rings is 1. The zero-order valence-electron chi connectivity index (χ0n) is 14.9. The average Bonchev–Trinajstić information content (AvgIpc) is 3.09. The summed E-state index contributed by atoms with van der Waals surface area (Å²) in [6, 6.07) is 5.73. The highest BCUT2D eigenvalue weighted by Crippen LogP contribution is 2.32. The fourth-order valence-corrected chi connectivity index (χ4v) is 2.67. The Labute approximate surface area is 151 Å². The minimum atomic E-state index is -0.0606. The standard InChI is InChI=1S/C18H21N5O3/c1-12(24)19-6-7-20-17-18-22-11-14(23(18)9-8-21-17)13-4-5-15(25-2)16(10-13)26-3/h4-5,8-11H,6-7H2,1-3H3,(H,19,24)(H,20,21). The molecule has 0 atom stereocenters. The highest BCUT2D eigenvalue weighted by atomic mass is 16.5. The maximum atomic E-state index is 10.9. The van der Waals surface area contributed by atoms with Crippen LogP contribution in [0.4, 0.5) is 5.82 Å². The van der Waals surface area contributed by atoms with E-state index in [0.717, 1.165) is 11.3 Å². The first-order valence-corrected chi connectivity index (χ1v) is 8.17. The molecule has 0 radical (unpaired) electrons. The van der Waals surface area contributed by atoms with Gasteiger partial charge in [-0.25, -0.2) is 9.97 Å². The Bertz CT molecular complexity index is 922. The van der Waals surface area contributed by atoms with Crippen molar-refractivity contribution in [1.29, 1.82) is 0 Å². The van der Waals surface area contributed by atoms with Crippen LogP contribution in [0.3, 0.4) is 0 Å². The van der Waals surface area contributed by atoms with Crippen LogP contribution in [-0.2, 0) is 4.79 Å². The first-order chi connectivity index (χ1) is 12.6. The zero-order valence-corrected chi connectivity index (χ0v) is 14.9. The van der Waals surface area contributed by atoms with Crippen LogP contribution in [0.2, 0.25) is 0 Å². The molecule has 26 heavy (non-hydrogen) atoms. The number of nitrogens with one attached hydrogen (secondary N) is 2. The summed E-state index contributed by atoms with van der Waals surface area (Å²) in [5.74, 6) is 1.92. The third-order valence-corrected chi connectivity index (χ3v) is 3.90. The number of anilines is 1. The second kappa shape index (κ2) is 7.73. The van der Waals surface area contributed by atoms with Crippen molar-refractivity contribution in [1.82, 2.24) is 19.7 Å². The lowest BCUT2D eigenvalue weighted by molar-refractivity contribution is -0.118. The maximum Gasteiger partial charge on any atom is 0.216 e. The van der Waals surface area contributed by atoms with Gasteiger partial charge < -0.3 is 20.1 Å².